The maximum absolute atomic E-state index is 14.2. The van der Waals surface area contributed by atoms with Gasteiger partial charge in [-0.15, -0.1) is 0 Å². The molecule has 0 unspecified atom stereocenters. The zero-order chi connectivity index (χ0) is 43.0. The molecular formula is C41H50N12O7. The number of carbonyl (C=O) groups excluding carboxylic acids is 4. The van der Waals surface area contributed by atoms with Gasteiger partial charge in [0.1, 0.15) is 40.5 Å². The van der Waals surface area contributed by atoms with Crippen molar-refractivity contribution in [2.75, 3.05) is 50.8 Å². The Balaban J connectivity index is 1.28. The van der Waals surface area contributed by atoms with Crippen molar-refractivity contribution in [3.05, 3.63) is 70.3 Å². The molecule has 316 valence electrons. The molecule has 1 atom stereocenters. The number of benzene rings is 2. The van der Waals surface area contributed by atoms with Crippen molar-refractivity contribution in [2.24, 2.45) is 11.5 Å². The van der Waals surface area contributed by atoms with Gasteiger partial charge in [-0.25, -0.2) is 9.97 Å². The van der Waals surface area contributed by atoms with Gasteiger partial charge in [0.15, 0.2) is 0 Å². The van der Waals surface area contributed by atoms with Crippen LogP contribution in [0.4, 0.5) is 11.9 Å². The average molecular weight is 823 g/mol. The topological polar surface area (TPSA) is 226 Å². The number of rotatable bonds is 17. The van der Waals surface area contributed by atoms with Gasteiger partial charge in [-0.2, -0.15) is 10.2 Å². The van der Waals surface area contributed by atoms with Crippen molar-refractivity contribution < 1.29 is 33.4 Å². The number of methoxy groups -OCH3 is 1. The summed E-state index contributed by atoms with van der Waals surface area (Å²) in [5.41, 5.74) is 16.2. The minimum atomic E-state index is -0.651. The van der Waals surface area contributed by atoms with Crippen LogP contribution in [-0.2, 0) is 24.4 Å². The van der Waals surface area contributed by atoms with Crippen LogP contribution in [0, 0.1) is 13.8 Å². The zero-order valence-electron chi connectivity index (χ0n) is 34.9. The number of ether oxygens (including phenoxy) is 3. The van der Waals surface area contributed by atoms with E-state index in [1.165, 1.54) is 9.80 Å². The highest BCUT2D eigenvalue weighted by Crippen LogP contribution is 2.40. The Morgan fingerprint density at radius 1 is 0.783 bits per heavy atom. The molecule has 0 saturated carbocycles. The smallest absolute Gasteiger partial charge is 0.278 e. The fourth-order valence-electron chi connectivity index (χ4n) is 7.74. The fourth-order valence-corrected chi connectivity index (χ4v) is 7.74. The SMILES string of the molecule is CCn1nc(C)cc1C(=O)N(C)c1nc2cc(C(N)=O)cc(OCCCOC)c2n1CCC[C@H]1COc2cc(C(N)=O)cc3nc(N(C)C(=O)c4cc(C)nn4CC)n1c23. The lowest BCUT2D eigenvalue weighted by atomic mass is 10.1. The second-order valence-corrected chi connectivity index (χ2v) is 14.8. The lowest BCUT2D eigenvalue weighted by molar-refractivity contribution is 0.0972. The molecule has 4 amide bonds. The molecular weight excluding hydrogens is 773 g/mol. The van der Waals surface area contributed by atoms with Crippen LogP contribution in [0.1, 0.15) is 92.2 Å². The predicted molar refractivity (Wildman–Crippen MR) is 223 cm³/mol. The number of fused-ring (bicyclic) bond motifs is 1. The summed E-state index contributed by atoms with van der Waals surface area (Å²) in [4.78, 5) is 65.8. The molecule has 19 nitrogen and oxygen atoms in total. The minimum Gasteiger partial charge on any atom is -0.491 e. The Hall–Kier alpha value is -6.76. The Kier molecular flexibility index (Phi) is 11.6. The van der Waals surface area contributed by atoms with Gasteiger partial charge in [-0.3, -0.25) is 38.3 Å². The molecule has 0 bridgehead atoms. The van der Waals surface area contributed by atoms with Crippen LogP contribution >= 0.6 is 0 Å². The van der Waals surface area contributed by atoms with Crippen molar-refractivity contribution in [2.45, 2.75) is 72.6 Å². The second-order valence-electron chi connectivity index (χ2n) is 14.8. The first-order valence-corrected chi connectivity index (χ1v) is 19.9. The van der Waals surface area contributed by atoms with Gasteiger partial charge < -0.3 is 34.8 Å². The van der Waals surface area contributed by atoms with Crippen molar-refractivity contribution >= 4 is 57.6 Å². The number of primary amides is 2. The van der Waals surface area contributed by atoms with Gasteiger partial charge in [-0.05, 0) is 76.9 Å². The van der Waals surface area contributed by atoms with Crippen LogP contribution in [0.3, 0.4) is 0 Å². The Morgan fingerprint density at radius 2 is 1.35 bits per heavy atom. The molecule has 7 rings (SSSR count). The zero-order valence-corrected chi connectivity index (χ0v) is 34.9. The van der Waals surface area contributed by atoms with Crippen molar-refractivity contribution in [1.29, 1.82) is 0 Å². The molecule has 0 radical (unpaired) electrons. The number of hydrogen-bond acceptors (Lipinski definition) is 11. The molecule has 6 aromatic rings. The Morgan fingerprint density at radius 3 is 1.93 bits per heavy atom. The molecule has 0 saturated heterocycles. The van der Waals surface area contributed by atoms with E-state index >= 15 is 0 Å². The fraction of sp³-hybridized carbons (Fsp3) is 0.415. The van der Waals surface area contributed by atoms with E-state index in [0.29, 0.717) is 114 Å². The van der Waals surface area contributed by atoms with E-state index in [2.05, 4.69) is 10.2 Å². The van der Waals surface area contributed by atoms with Gasteiger partial charge in [0.2, 0.25) is 23.7 Å². The van der Waals surface area contributed by atoms with E-state index in [4.69, 9.17) is 35.6 Å². The average Bonchev–Trinajstić information content (AvgIpc) is 4.01. The number of carbonyl (C=O) groups is 4. The number of nitrogens with two attached hydrogens (primary N) is 2. The summed E-state index contributed by atoms with van der Waals surface area (Å²) >= 11 is 0. The van der Waals surface area contributed by atoms with E-state index in [1.54, 1.807) is 67.0 Å². The summed E-state index contributed by atoms with van der Waals surface area (Å²) in [6.45, 7) is 9.78. The lowest BCUT2D eigenvalue weighted by Gasteiger charge is -2.29. The van der Waals surface area contributed by atoms with Gasteiger partial charge in [0.05, 0.1) is 35.1 Å². The van der Waals surface area contributed by atoms with Gasteiger partial charge in [0, 0.05) is 65.0 Å². The summed E-state index contributed by atoms with van der Waals surface area (Å²) in [7, 11) is 4.92. The normalized spacial score (nSPS) is 13.5. The lowest BCUT2D eigenvalue weighted by Crippen LogP contribution is -2.33. The number of imidazole rings is 2. The quantitative estimate of drug-likeness (QED) is 0.125. The molecule has 19 heteroatoms. The maximum atomic E-state index is 14.2. The van der Waals surface area contributed by atoms with Gasteiger partial charge in [0.25, 0.3) is 11.8 Å². The number of aromatic nitrogens is 8. The summed E-state index contributed by atoms with van der Waals surface area (Å²) in [6.07, 6.45) is 1.63. The first kappa shape index (κ1) is 41.4. The van der Waals surface area contributed by atoms with E-state index in [9.17, 15) is 19.2 Å². The van der Waals surface area contributed by atoms with E-state index in [-0.39, 0.29) is 42.2 Å². The summed E-state index contributed by atoms with van der Waals surface area (Å²) in [6, 6.07) is 9.54. The summed E-state index contributed by atoms with van der Waals surface area (Å²) in [5.74, 6) is -0.417. The monoisotopic (exact) mass is 822 g/mol. The molecule has 2 aromatic carbocycles. The predicted octanol–water partition coefficient (Wildman–Crippen LogP) is 4.02. The van der Waals surface area contributed by atoms with Gasteiger partial charge >= 0.3 is 0 Å². The van der Waals surface area contributed by atoms with Gasteiger partial charge in [-0.1, -0.05) is 0 Å². The van der Waals surface area contributed by atoms with E-state index in [1.807, 2.05) is 36.8 Å². The molecule has 0 fully saturated rings. The summed E-state index contributed by atoms with van der Waals surface area (Å²) < 4.78 is 25.0. The van der Waals surface area contributed by atoms with E-state index in [0.717, 1.165) is 0 Å². The summed E-state index contributed by atoms with van der Waals surface area (Å²) in [5, 5.41) is 8.94. The highest BCUT2D eigenvalue weighted by Gasteiger charge is 2.33. The van der Waals surface area contributed by atoms with Crippen LogP contribution in [0.5, 0.6) is 11.5 Å². The van der Waals surface area contributed by atoms with Crippen LogP contribution in [-0.4, -0.2) is 103 Å². The number of anilines is 2. The highest BCUT2D eigenvalue weighted by atomic mass is 16.5. The third kappa shape index (κ3) is 7.62. The molecule has 0 aliphatic carbocycles. The molecule has 1 aliphatic heterocycles. The molecule has 60 heavy (non-hydrogen) atoms. The molecule has 4 aromatic heterocycles. The van der Waals surface area contributed by atoms with E-state index < -0.39 is 11.8 Å². The molecule has 1 aliphatic rings. The number of nitrogens with zero attached hydrogens (tertiary/aromatic N) is 10. The highest BCUT2D eigenvalue weighted by molar-refractivity contribution is 6.06. The van der Waals surface area contributed by atoms with Crippen LogP contribution in [0.25, 0.3) is 22.1 Å². The largest absolute Gasteiger partial charge is 0.491 e. The first-order chi connectivity index (χ1) is 28.8. The number of amides is 4. The Labute approximate surface area is 345 Å². The molecule has 4 N–H and O–H groups in total. The van der Waals surface area contributed by atoms with Crippen LogP contribution < -0.4 is 30.7 Å². The van der Waals surface area contributed by atoms with Crippen molar-refractivity contribution in [3.63, 3.8) is 0 Å². The van der Waals surface area contributed by atoms with Crippen molar-refractivity contribution in [3.8, 4) is 11.5 Å². The molecule has 0 spiro atoms. The van der Waals surface area contributed by atoms with Crippen LogP contribution in [0.2, 0.25) is 0 Å². The third-order valence-corrected chi connectivity index (χ3v) is 10.6. The van der Waals surface area contributed by atoms with Crippen molar-refractivity contribution in [1.82, 2.24) is 38.7 Å². The molecule has 5 heterocycles. The Bertz CT molecular complexity index is 2640. The number of aryl methyl sites for hydroxylation is 5. The third-order valence-electron chi connectivity index (χ3n) is 10.6. The second kappa shape index (κ2) is 16.8. The first-order valence-electron chi connectivity index (χ1n) is 19.9. The van der Waals surface area contributed by atoms with Crippen LogP contribution in [0.15, 0.2) is 36.4 Å². The minimum absolute atomic E-state index is 0.202. The maximum Gasteiger partial charge on any atom is 0.278 e. The standard InChI is InChI=1S/C41H50N12O7/c1-8-51-30(16-23(3)46-51)38(56)48(5)40-44-28-18-25(36(42)54)20-32(59-15-11-14-58-7)34(28)50(40)13-10-12-27-22-60-33-21-26(37(43)55)19-29-35(33)53(27)41(45-29)49(6)39(57)31-17-24(4)47-52(31)9-2/h16-21,27H,8-15,22H2,1-7H3,(H2,42,54)(H2,43,55)/t27-/m0/s1. The number of hydrogen-bond donors (Lipinski definition) is 2.